The molecule has 1 aromatic carbocycles. The van der Waals surface area contributed by atoms with Crippen molar-refractivity contribution in [1.82, 2.24) is 19.2 Å². The van der Waals surface area contributed by atoms with Crippen LogP contribution in [0.25, 0.3) is 16.2 Å². The summed E-state index contributed by atoms with van der Waals surface area (Å²) in [6.45, 7) is 3.67. The molecule has 1 atom stereocenters. The normalized spacial score (nSPS) is 20.7. The number of amides is 1. The van der Waals surface area contributed by atoms with Crippen LogP contribution in [0.15, 0.2) is 35.8 Å². The van der Waals surface area contributed by atoms with Crippen molar-refractivity contribution in [3.8, 4) is 11.3 Å². The highest BCUT2D eigenvalue weighted by atomic mass is 32.1. The van der Waals surface area contributed by atoms with Gasteiger partial charge in [-0.1, -0.05) is 12.1 Å². The van der Waals surface area contributed by atoms with Crippen LogP contribution in [-0.4, -0.2) is 57.3 Å². The van der Waals surface area contributed by atoms with Crippen molar-refractivity contribution < 1.29 is 9.18 Å². The Balaban J connectivity index is 1.46. The summed E-state index contributed by atoms with van der Waals surface area (Å²) >= 11 is 1.42. The Labute approximate surface area is 154 Å². The highest BCUT2D eigenvalue weighted by molar-refractivity contribution is 7.15. The Hall–Kier alpha value is -2.25. The zero-order chi connectivity index (χ0) is 17.7. The van der Waals surface area contributed by atoms with Crippen molar-refractivity contribution >= 4 is 22.2 Å². The van der Waals surface area contributed by atoms with Gasteiger partial charge in [0.05, 0.1) is 5.69 Å². The zero-order valence-corrected chi connectivity index (χ0v) is 15.1. The van der Waals surface area contributed by atoms with Gasteiger partial charge in [0.1, 0.15) is 11.5 Å². The van der Waals surface area contributed by atoms with Crippen LogP contribution in [-0.2, 0) is 0 Å². The largest absolute Gasteiger partial charge is 0.334 e. The first kappa shape index (κ1) is 16.0. The maximum Gasteiger partial charge on any atom is 0.271 e. The molecule has 7 heteroatoms. The first-order valence-corrected chi connectivity index (χ1v) is 9.83. The van der Waals surface area contributed by atoms with Gasteiger partial charge in [-0.25, -0.2) is 9.37 Å². The Kier molecular flexibility index (Phi) is 3.79. The number of benzene rings is 1. The van der Waals surface area contributed by atoms with Crippen LogP contribution in [0, 0.1) is 5.82 Å². The molecule has 0 spiro atoms. The number of halogens is 1. The molecule has 5 rings (SSSR count). The predicted molar refractivity (Wildman–Crippen MR) is 99.0 cm³/mol. The maximum absolute atomic E-state index is 14.1. The van der Waals surface area contributed by atoms with Crippen molar-refractivity contribution in [3.05, 3.63) is 47.4 Å². The fraction of sp³-hybridized carbons (Fsp3) is 0.368. The molecule has 2 saturated heterocycles. The fourth-order valence-corrected chi connectivity index (χ4v) is 4.92. The van der Waals surface area contributed by atoms with E-state index in [1.807, 2.05) is 10.3 Å². The van der Waals surface area contributed by atoms with Gasteiger partial charge < -0.3 is 4.90 Å². The number of nitrogens with zero attached hydrogens (tertiary/aromatic N) is 4. The lowest BCUT2D eigenvalue weighted by atomic mass is 10.1. The van der Waals surface area contributed by atoms with E-state index in [9.17, 15) is 9.18 Å². The number of thiazole rings is 1. The lowest BCUT2D eigenvalue weighted by Crippen LogP contribution is -2.52. The van der Waals surface area contributed by atoms with E-state index >= 15 is 0 Å². The van der Waals surface area contributed by atoms with Gasteiger partial charge in [0.15, 0.2) is 4.96 Å². The van der Waals surface area contributed by atoms with E-state index in [-0.39, 0.29) is 11.7 Å². The molecule has 26 heavy (non-hydrogen) atoms. The summed E-state index contributed by atoms with van der Waals surface area (Å²) in [7, 11) is 0. The molecule has 0 aliphatic carbocycles. The highest BCUT2D eigenvalue weighted by Gasteiger charge is 2.33. The molecular formula is C19H19FN4OS. The van der Waals surface area contributed by atoms with Gasteiger partial charge in [0.2, 0.25) is 0 Å². The summed E-state index contributed by atoms with van der Waals surface area (Å²) in [5, 5.41) is 1.86. The second-order valence-corrected chi connectivity index (χ2v) is 7.80. The number of imidazole rings is 1. The number of hydrogen-bond donors (Lipinski definition) is 0. The Morgan fingerprint density at radius 2 is 2.12 bits per heavy atom. The van der Waals surface area contributed by atoms with Crippen molar-refractivity contribution in [1.29, 1.82) is 0 Å². The smallest absolute Gasteiger partial charge is 0.271 e. The first-order valence-electron chi connectivity index (χ1n) is 8.95. The molecule has 3 aromatic rings. The number of rotatable bonds is 2. The summed E-state index contributed by atoms with van der Waals surface area (Å²) in [6, 6.07) is 7.09. The number of carbonyl (C=O) groups is 1. The molecule has 134 valence electrons. The second-order valence-electron chi connectivity index (χ2n) is 6.96. The fourth-order valence-electron chi connectivity index (χ4n) is 4.07. The number of carbonyl (C=O) groups excluding carboxylic acids is 1. The summed E-state index contributed by atoms with van der Waals surface area (Å²) < 4.78 is 15.9. The third kappa shape index (κ3) is 2.54. The topological polar surface area (TPSA) is 40.9 Å². The third-order valence-corrected chi connectivity index (χ3v) is 6.29. The van der Waals surface area contributed by atoms with E-state index < -0.39 is 0 Å². The Bertz CT molecular complexity index is 981. The van der Waals surface area contributed by atoms with Gasteiger partial charge in [-0.3, -0.25) is 14.1 Å². The lowest BCUT2D eigenvalue weighted by molar-refractivity contribution is 0.0565. The van der Waals surface area contributed by atoms with Crippen LogP contribution < -0.4 is 0 Å². The van der Waals surface area contributed by atoms with E-state index in [0.29, 0.717) is 28.0 Å². The number of aromatic nitrogens is 2. The van der Waals surface area contributed by atoms with Gasteiger partial charge in [-0.2, -0.15) is 0 Å². The Morgan fingerprint density at radius 3 is 3.00 bits per heavy atom. The molecule has 2 aromatic heterocycles. The summed E-state index contributed by atoms with van der Waals surface area (Å²) in [4.78, 5) is 22.7. The summed E-state index contributed by atoms with van der Waals surface area (Å²) in [5.41, 5.74) is 1.64. The van der Waals surface area contributed by atoms with Crippen LogP contribution >= 0.6 is 11.3 Å². The average molecular weight is 370 g/mol. The number of hydrogen-bond acceptors (Lipinski definition) is 4. The van der Waals surface area contributed by atoms with Crippen LogP contribution in [0.4, 0.5) is 4.39 Å². The lowest BCUT2D eigenvalue weighted by Gasteiger charge is -2.37. The van der Waals surface area contributed by atoms with Gasteiger partial charge in [-0.15, -0.1) is 11.3 Å². The molecule has 0 radical (unpaired) electrons. The molecule has 0 unspecified atom stereocenters. The zero-order valence-electron chi connectivity index (χ0n) is 14.3. The van der Waals surface area contributed by atoms with Gasteiger partial charge in [0, 0.05) is 42.8 Å². The number of piperazine rings is 1. The van der Waals surface area contributed by atoms with E-state index in [2.05, 4.69) is 9.88 Å². The van der Waals surface area contributed by atoms with E-state index in [0.717, 1.165) is 26.2 Å². The van der Waals surface area contributed by atoms with Crippen molar-refractivity contribution in [2.24, 2.45) is 0 Å². The average Bonchev–Trinajstić information content (AvgIpc) is 3.36. The molecule has 2 aliphatic heterocycles. The molecule has 5 nitrogen and oxygen atoms in total. The van der Waals surface area contributed by atoms with Crippen LogP contribution in [0.1, 0.15) is 23.3 Å². The third-order valence-electron chi connectivity index (χ3n) is 5.45. The number of fused-ring (bicyclic) bond motifs is 2. The maximum atomic E-state index is 14.1. The minimum Gasteiger partial charge on any atom is -0.334 e. The minimum absolute atomic E-state index is 0.0419. The van der Waals surface area contributed by atoms with E-state index in [4.69, 9.17) is 0 Å². The predicted octanol–water partition coefficient (Wildman–Crippen LogP) is 3.12. The van der Waals surface area contributed by atoms with Crippen LogP contribution in [0.2, 0.25) is 0 Å². The molecule has 1 amide bonds. The molecular weight excluding hydrogens is 351 g/mol. The van der Waals surface area contributed by atoms with Crippen LogP contribution in [0.5, 0.6) is 0 Å². The van der Waals surface area contributed by atoms with Gasteiger partial charge >= 0.3 is 0 Å². The molecule has 2 aliphatic rings. The van der Waals surface area contributed by atoms with Gasteiger partial charge in [-0.05, 0) is 31.5 Å². The SMILES string of the molecule is O=C(c1csc2nc(-c3ccccc3F)cn12)N1CCN2CCC[C@@H]2C1. The summed E-state index contributed by atoms with van der Waals surface area (Å²) in [6.07, 6.45) is 4.16. The van der Waals surface area contributed by atoms with E-state index in [1.54, 1.807) is 28.8 Å². The standard InChI is InChI=1S/C19H19FN4OS/c20-15-6-2-1-5-14(15)16-11-24-17(12-26-19(24)21-16)18(25)23-9-8-22-7-3-4-13(22)10-23/h1-2,5-6,11-13H,3-4,7-10H2/t13-/m1/s1. The van der Waals surface area contributed by atoms with Crippen LogP contribution in [0.3, 0.4) is 0 Å². The summed E-state index contributed by atoms with van der Waals surface area (Å²) in [5.74, 6) is -0.260. The molecule has 0 N–H and O–H groups in total. The van der Waals surface area contributed by atoms with Crippen molar-refractivity contribution in [3.63, 3.8) is 0 Å². The molecule has 4 heterocycles. The quantitative estimate of drug-likeness (QED) is 0.696. The first-order chi connectivity index (χ1) is 12.7. The van der Waals surface area contributed by atoms with Gasteiger partial charge in [0.25, 0.3) is 5.91 Å². The highest BCUT2D eigenvalue weighted by Crippen LogP contribution is 2.27. The van der Waals surface area contributed by atoms with E-state index in [1.165, 1.54) is 30.2 Å². The molecule has 0 bridgehead atoms. The monoisotopic (exact) mass is 370 g/mol. The Morgan fingerprint density at radius 1 is 1.23 bits per heavy atom. The molecule has 0 saturated carbocycles. The van der Waals surface area contributed by atoms with Crippen molar-refractivity contribution in [2.75, 3.05) is 26.2 Å². The van der Waals surface area contributed by atoms with Crippen molar-refractivity contribution in [2.45, 2.75) is 18.9 Å². The molecule has 2 fully saturated rings. The second kappa shape index (κ2) is 6.17. The minimum atomic E-state index is -0.302.